The minimum atomic E-state index is -0.410. The number of imidazole rings is 1. The highest BCUT2D eigenvalue weighted by Crippen LogP contribution is 2.36. The van der Waals surface area contributed by atoms with Crippen molar-refractivity contribution < 1.29 is 4.39 Å². The molecule has 1 saturated carbocycles. The van der Waals surface area contributed by atoms with E-state index in [0.717, 1.165) is 86.1 Å². The fraction of sp³-hybridized carbons (Fsp3) is 0.531. The van der Waals surface area contributed by atoms with Crippen LogP contribution in [0.2, 0.25) is 5.02 Å². The van der Waals surface area contributed by atoms with Crippen molar-refractivity contribution in [3.63, 3.8) is 0 Å². The van der Waals surface area contributed by atoms with Gasteiger partial charge in [-0.05, 0) is 55.7 Å². The number of rotatable bonds is 8. The van der Waals surface area contributed by atoms with Crippen LogP contribution in [-0.4, -0.2) is 32.6 Å². The number of nitrogens with zero attached hydrogens (tertiary/aromatic N) is 5. The van der Waals surface area contributed by atoms with Crippen molar-refractivity contribution in [2.75, 3.05) is 23.7 Å². The Hall–Kier alpha value is -3.11. The number of hydrogen-bond acceptors (Lipinski definition) is 5. The number of aryl methyl sites for hydroxylation is 1. The molecule has 2 fully saturated rings. The molecule has 1 aliphatic heterocycles. The summed E-state index contributed by atoms with van der Waals surface area (Å²) in [5, 5.41) is 0.124. The number of halogens is 2. The Bertz CT molecular complexity index is 1360. The van der Waals surface area contributed by atoms with Gasteiger partial charge in [-0.15, -0.1) is 0 Å². The van der Waals surface area contributed by atoms with Crippen LogP contribution in [0.3, 0.4) is 0 Å². The maximum atomic E-state index is 13.9. The maximum absolute atomic E-state index is 13.9. The van der Waals surface area contributed by atoms with E-state index in [-0.39, 0.29) is 5.02 Å². The van der Waals surface area contributed by atoms with Gasteiger partial charge in [-0.3, -0.25) is 0 Å². The first-order valence-corrected chi connectivity index (χ1v) is 15.2. The Labute approximate surface area is 242 Å². The summed E-state index contributed by atoms with van der Waals surface area (Å²) in [6.07, 6.45) is 14.0. The van der Waals surface area contributed by atoms with Gasteiger partial charge >= 0.3 is 0 Å². The smallest absolute Gasteiger partial charge is 0.150 e. The van der Waals surface area contributed by atoms with Crippen LogP contribution < -0.4 is 10.6 Å². The summed E-state index contributed by atoms with van der Waals surface area (Å²) in [5.74, 6) is 10.2. The summed E-state index contributed by atoms with van der Waals surface area (Å²) >= 11 is 6.13. The molecule has 1 unspecified atom stereocenters. The van der Waals surface area contributed by atoms with Gasteiger partial charge in [0.15, 0.2) is 0 Å². The standard InChI is InChI=1S/C32H40ClFN6/c1-3-4-5-10-26-30(35)36-21-37-32(26)39-17-14-24(15-18-39)31-38-29(25-11-12-28(34)27(33)19-25)20-40(31)16-13-22(2)23-8-6-7-9-23/h11-12,19-24H,3-4,6-9,13-18H2,1-2H3,(H2,35,36,37). The topological polar surface area (TPSA) is 72.9 Å². The number of nitrogen functional groups attached to an aromatic ring is 1. The average molecular weight is 563 g/mol. The predicted octanol–water partition coefficient (Wildman–Crippen LogP) is 7.47. The van der Waals surface area contributed by atoms with Gasteiger partial charge in [-0.2, -0.15) is 0 Å². The van der Waals surface area contributed by atoms with E-state index in [1.165, 1.54) is 38.1 Å². The van der Waals surface area contributed by atoms with Crippen molar-refractivity contribution in [1.82, 2.24) is 19.5 Å². The van der Waals surface area contributed by atoms with Crippen LogP contribution in [0.25, 0.3) is 11.3 Å². The molecule has 2 N–H and O–H groups in total. The van der Waals surface area contributed by atoms with Gasteiger partial charge in [0, 0.05) is 43.7 Å². The van der Waals surface area contributed by atoms with Gasteiger partial charge in [0.05, 0.1) is 10.7 Å². The lowest BCUT2D eigenvalue weighted by atomic mass is 9.90. The zero-order valence-electron chi connectivity index (χ0n) is 23.7. The molecule has 40 heavy (non-hydrogen) atoms. The van der Waals surface area contributed by atoms with Crippen molar-refractivity contribution in [3.05, 3.63) is 53.0 Å². The van der Waals surface area contributed by atoms with Gasteiger partial charge < -0.3 is 15.2 Å². The fourth-order valence-electron chi connectivity index (χ4n) is 6.21. The minimum absolute atomic E-state index is 0.124. The first-order chi connectivity index (χ1) is 19.4. The Kier molecular flexibility index (Phi) is 9.26. The SMILES string of the molecule is CCCC#Cc1c(N)ncnc1N1CCC(c2nc(-c3ccc(F)c(Cl)c3)cn2CCC(C)C2CCCC2)CC1. The third-order valence-corrected chi connectivity index (χ3v) is 8.95. The number of benzene rings is 1. The molecular weight excluding hydrogens is 523 g/mol. The summed E-state index contributed by atoms with van der Waals surface area (Å²) in [4.78, 5) is 16.2. The van der Waals surface area contributed by atoms with E-state index in [0.29, 0.717) is 17.7 Å². The van der Waals surface area contributed by atoms with Crippen molar-refractivity contribution in [3.8, 4) is 23.1 Å². The summed E-state index contributed by atoms with van der Waals surface area (Å²) in [6, 6.07) is 4.87. The second-order valence-corrected chi connectivity index (χ2v) is 11.8. The maximum Gasteiger partial charge on any atom is 0.150 e. The molecule has 1 atom stereocenters. The molecule has 212 valence electrons. The molecule has 0 spiro atoms. The molecule has 0 bridgehead atoms. The molecular formula is C32H40ClFN6. The Morgan fingerprint density at radius 3 is 2.65 bits per heavy atom. The van der Waals surface area contributed by atoms with E-state index >= 15 is 0 Å². The summed E-state index contributed by atoms with van der Waals surface area (Å²) in [7, 11) is 0. The van der Waals surface area contributed by atoms with Crippen LogP contribution in [-0.2, 0) is 6.54 Å². The first-order valence-electron chi connectivity index (χ1n) is 14.8. The molecule has 3 heterocycles. The molecule has 5 rings (SSSR count). The molecule has 1 saturated heterocycles. The lowest BCUT2D eigenvalue weighted by Crippen LogP contribution is -2.35. The van der Waals surface area contributed by atoms with E-state index in [4.69, 9.17) is 22.3 Å². The summed E-state index contributed by atoms with van der Waals surface area (Å²) in [5.41, 5.74) is 8.63. The first kappa shape index (κ1) is 28.4. The largest absolute Gasteiger partial charge is 0.382 e. The highest BCUT2D eigenvalue weighted by molar-refractivity contribution is 6.31. The predicted molar refractivity (Wildman–Crippen MR) is 161 cm³/mol. The van der Waals surface area contributed by atoms with Crippen LogP contribution in [0.5, 0.6) is 0 Å². The third kappa shape index (κ3) is 6.44. The summed E-state index contributed by atoms with van der Waals surface area (Å²) in [6.45, 7) is 7.13. The zero-order chi connectivity index (χ0) is 28.1. The monoisotopic (exact) mass is 562 g/mol. The molecule has 3 aromatic rings. The Morgan fingerprint density at radius 2 is 1.93 bits per heavy atom. The highest BCUT2D eigenvalue weighted by atomic mass is 35.5. The lowest BCUT2D eigenvalue weighted by Gasteiger charge is -2.33. The second-order valence-electron chi connectivity index (χ2n) is 11.4. The molecule has 8 heteroatoms. The Balaban J connectivity index is 1.36. The quantitative estimate of drug-likeness (QED) is 0.288. The minimum Gasteiger partial charge on any atom is -0.382 e. The number of hydrogen-bond donors (Lipinski definition) is 1. The van der Waals surface area contributed by atoms with Crippen molar-refractivity contribution >= 4 is 23.2 Å². The molecule has 6 nitrogen and oxygen atoms in total. The molecule has 1 aromatic carbocycles. The number of aromatic nitrogens is 4. The fourth-order valence-corrected chi connectivity index (χ4v) is 6.39. The molecule has 1 aliphatic carbocycles. The van der Waals surface area contributed by atoms with Crippen LogP contribution in [0, 0.1) is 29.5 Å². The van der Waals surface area contributed by atoms with E-state index in [1.807, 2.05) is 0 Å². The second kappa shape index (κ2) is 13.0. The van der Waals surface area contributed by atoms with Crippen molar-refractivity contribution in [1.29, 1.82) is 0 Å². The number of unbranched alkanes of at least 4 members (excludes halogenated alkanes) is 1. The van der Waals surface area contributed by atoms with E-state index in [1.54, 1.807) is 12.1 Å². The average Bonchev–Trinajstić information content (AvgIpc) is 3.65. The molecule has 0 amide bonds. The van der Waals surface area contributed by atoms with Gasteiger partial charge in [-0.1, -0.05) is 63.0 Å². The number of anilines is 2. The van der Waals surface area contributed by atoms with Gasteiger partial charge in [0.25, 0.3) is 0 Å². The van der Waals surface area contributed by atoms with E-state index in [2.05, 4.69) is 51.3 Å². The normalized spacial score (nSPS) is 17.1. The lowest BCUT2D eigenvalue weighted by molar-refractivity contribution is 0.325. The third-order valence-electron chi connectivity index (χ3n) is 8.66. The summed E-state index contributed by atoms with van der Waals surface area (Å²) < 4.78 is 16.2. The molecule has 2 aliphatic rings. The highest BCUT2D eigenvalue weighted by Gasteiger charge is 2.28. The van der Waals surface area contributed by atoms with E-state index in [9.17, 15) is 4.39 Å². The number of nitrogens with two attached hydrogens (primary N) is 1. The molecule has 2 aromatic heterocycles. The van der Waals surface area contributed by atoms with Gasteiger partial charge in [0.1, 0.15) is 35.2 Å². The van der Waals surface area contributed by atoms with Gasteiger partial charge in [-0.25, -0.2) is 19.3 Å². The van der Waals surface area contributed by atoms with Gasteiger partial charge in [0.2, 0.25) is 0 Å². The zero-order valence-corrected chi connectivity index (χ0v) is 24.4. The molecule has 0 radical (unpaired) electrons. The number of piperidine rings is 1. The van der Waals surface area contributed by atoms with E-state index < -0.39 is 5.82 Å². The van der Waals surface area contributed by atoms with Crippen LogP contribution >= 0.6 is 11.6 Å². The van der Waals surface area contributed by atoms with Crippen molar-refractivity contribution in [2.45, 2.75) is 84.1 Å². The van der Waals surface area contributed by atoms with Crippen LogP contribution in [0.15, 0.2) is 30.7 Å². The van der Waals surface area contributed by atoms with Crippen LogP contribution in [0.4, 0.5) is 16.0 Å². The van der Waals surface area contributed by atoms with Crippen LogP contribution in [0.1, 0.15) is 88.9 Å². The van der Waals surface area contributed by atoms with Crippen molar-refractivity contribution in [2.24, 2.45) is 11.8 Å². The Morgan fingerprint density at radius 1 is 1.15 bits per heavy atom.